The second-order valence-corrected chi connectivity index (χ2v) is 10.6. The van der Waals surface area contributed by atoms with Crippen molar-refractivity contribution in [1.29, 1.82) is 0 Å². The summed E-state index contributed by atoms with van der Waals surface area (Å²) in [5, 5.41) is 1.48. The van der Waals surface area contributed by atoms with Gasteiger partial charge in [-0.1, -0.05) is 49.1 Å². The average Bonchev–Trinajstić information content (AvgIpc) is 2.37. The van der Waals surface area contributed by atoms with Gasteiger partial charge in [0.15, 0.2) is 0 Å². The molecule has 20 heavy (non-hydrogen) atoms. The fraction of sp³-hybridized carbons (Fsp3) is 0.600. The topological polar surface area (TPSA) is 27.7 Å². The molecule has 0 fully saturated rings. The van der Waals surface area contributed by atoms with E-state index in [1.165, 1.54) is 10.8 Å². The molecule has 0 aliphatic rings. The first kappa shape index (κ1) is 19.9. The van der Waals surface area contributed by atoms with Crippen LogP contribution in [0.15, 0.2) is 24.3 Å². The molecule has 0 amide bonds. The van der Waals surface area contributed by atoms with Crippen LogP contribution >= 0.6 is 0 Å². The summed E-state index contributed by atoms with van der Waals surface area (Å²) in [7, 11) is 0.382. The largest absolute Gasteiger partial charge is 0.382 e. The smallest absolute Gasteiger partial charge is 0.0780 e. The van der Waals surface area contributed by atoms with Crippen molar-refractivity contribution in [3.8, 4) is 0 Å². The molecule has 1 rings (SSSR count). The molecule has 0 spiro atoms. The summed E-state index contributed by atoms with van der Waals surface area (Å²) in [6, 6.07) is 8.60. The van der Waals surface area contributed by atoms with Crippen LogP contribution in [-0.4, -0.2) is 60.5 Å². The van der Waals surface area contributed by atoms with E-state index >= 15 is 0 Å². The van der Waals surface area contributed by atoms with Gasteiger partial charge in [-0.2, -0.15) is 0 Å². The first-order chi connectivity index (χ1) is 9.05. The summed E-state index contributed by atoms with van der Waals surface area (Å²) >= 11 is 0. The molecular weight excluding hydrogens is 263 g/mol. The van der Waals surface area contributed by atoms with Crippen molar-refractivity contribution in [2.24, 2.45) is 0 Å². The Labute approximate surface area is 136 Å². The van der Waals surface area contributed by atoms with Gasteiger partial charge in [-0.15, -0.1) is 0 Å². The van der Waals surface area contributed by atoms with Gasteiger partial charge in [0.1, 0.15) is 0 Å². The van der Waals surface area contributed by atoms with Crippen LogP contribution in [0.4, 0.5) is 0 Å². The van der Waals surface area contributed by atoms with E-state index < -0.39 is 8.07 Å². The van der Waals surface area contributed by atoms with E-state index in [2.05, 4.69) is 43.9 Å². The van der Waals surface area contributed by atoms with Crippen LogP contribution in [-0.2, 0) is 20.8 Å². The molecule has 0 saturated carbocycles. The maximum atomic E-state index is 5.69. The van der Waals surface area contributed by atoms with Crippen molar-refractivity contribution in [2.45, 2.75) is 26.2 Å². The molecule has 0 aromatic heterocycles. The van der Waals surface area contributed by atoms with Gasteiger partial charge in [-0.3, -0.25) is 0 Å². The summed E-state index contributed by atoms with van der Waals surface area (Å²) in [5.74, 6) is 0. The summed E-state index contributed by atoms with van der Waals surface area (Å²) in [5.41, 5.74) is 1.32. The molecule has 0 atom stereocenters. The number of rotatable bonds is 9. The Bertz CT molecular complexity index is 366. The van der Waals surface area contributed by atoms with E-state index in [1.807, 2.05) is 0 Å². The molecule has 3 nitrogen and oxygen atoms in total. The molecule has 0 saturated heterocycles. The minimum atomic E-state index is -1.29. The molecule has 0 aliphatic carbocycles. The predicted octanol–water partition coefficient (Wildman–Crippen LogP) is 2.03. The fourth-order valence-electron chi connectivity index (χ4n) is 1.92. The van der Waals surface area contributed by atoms with E-state index in [0.29, 0.717) is 33.0 Å². The second kappa shape index (κ2) is 10.6. The summed E-state index contributed by atoms with van der Waals surface area (Å²) in [6.45, 7) is 10.3. The third-order valence-electron chi connectivity index (χ3n) is 2.89. The Hall–Kier alpha value is -0.0857. The minimum absolute atomic E-state index is 0. The van der Waals surface area contributed by atoms with Crippen LogP contribution in [0.1, 0.15) is 5.56 Å². The molecule has 5 heteroatoms. The monoisotopic (exact) mass is 289 g/mol. The standard InChI is InChI=1S/C15H26O3Si.Li/c1-16-9-10-17-11-12-18-13-14-7-5-6-8-15(14)19(2,3)4;/h5-8H,9-13H2,1-4H3;. The van der Waals surface area contributed by atoms with E-state index in [1.54, 1.807) is 7.11 Å². The van der Waals surface area contributed by atoms with E-state index in [-0.39, 0.29) is 18.9 Å². The van der Waals surface area contributed by atoms with Gasteiger partial charge in [-0.05, 0) is 5.56 Å². The molecule has 1 aromatic rings. The maximum absolute atomic E-state index is 5.69. The molecule has 0 N–H and O–H groups in total. The van der Waals surface area contributed by atoms with Crippen LogP contribution in [0.25, 0.3) is 0 Å². The zero-order valence-electron chi connectivity index (χ0n) is 13.6. The van der Waals surface area contributed by atoms with E-state index in [9.17, 15) is 0 Å². The third-order valence-corrected chi connectivity index (χ3v) is 4.99. The molecule has 0 unspecified atom stereocenters. The number of hydrogen-bond donors (Lipinski definition) is 0. The van der Waals surface area contributed by atoms with Crippen molar-refractivity contribution in [1.82, 2.24) is 0 Å². The normalized spacial score (nSPS) is 11.2. The SMILES string of the molecule is COCCOCCOCc1ccccc1[Si](C)(C)C.[Li]. The van der Waals surface area contributed by atoms with Gasteiger partial charge in [0, 0.05) is 26.0 Å². The first-order valence-electron chi connectivity index (χ1n) is 6.78. The summed E-state index contributed by atoms with van der Waals surface area (Å²) in [4.78, 5) is 0. The van der Waals surface area contributed by atoms with Gasteiger partial charge in [0.25, 0.3) is 0 Å². The van der Waals surface area contributed by atoms with Crippen molar-refractivity contribution < 1.29 is 14.2 Å². The van der Waals surface area contributed by atoms with Gasteiger partial charge in [0.2, 0.25) is 0 Å². The molecule has 1 radical (unpaired) electrons. The maximum Gasteiger partial charge on any atom is 0.0780 e. The Morgan fingerprint density at radius 3 is 2.15 bits per heavy atom. The molecular formula is C15H26LiO3Si. The second-order valence-electron chi connectivity index (χ2n) is 5.56. The van der Waals surface area contributed by atoms with E-state index in [0.717, 1.165) is 0 Å². The number of methoxy groups -OCH3 is 1. The van der Waals surface area contributed by atoms with E-state index in [4.69, 9.17) is 14.2 Å². The average molecular weight is 289 g/mol. The van der Waals surface area contributed by atoms with Crippen LogP contribution < -0.4 is 5.19 Å². The third kappa shape index (κ3) is 7.63. The number of benzene rings is 1. The molecule has 109 valence electrons. The fourth-order valence-corrected chi connectivity index (χ4v) is 3.64. The Balaban J connectivity index is 0.00000361. The Morgan fingerprint density at radius 2 is 1.50 bits per heavy atom. The van der Waals surface area contributed by atoms with Crippen LogP contribution in [0, 0.1) is 0 Å². The number of hydrogen-bond acceptors (Lipinski definition) is 3. The Morgan fingerprint density at radius 1 is 0.900 bits per heavy atom. The zero-order valence-corrected chi connectivity index (χ0v) is 14.6. The molecule has 1 aromatic carbocycles. The number of ether oxygens (including phenoxy) is 3. The van der Waals surface area contributed by atoms with Crippen molar-refractivity contribution >= 4 is 32.1 Å². The van der Waals surface area contributed by atoms with Crippen LogP contribution in [0.3, 0.4) is 0 Å². The van der Waals surface area contributed by atoms with Gasteiger partial charge >= 0.3 is 0 Å². The summed E-state index contributed by atoms with van der Waals surface area (Å²) < 4.78 is 16.0. The molecule has 0 aliphatic heterocycles. The van der Waals surface area contributed by atoms with Crippen LogP contribution in [0.5, 0.6) is 0 Å². The van der Waals surface area contributed by atoms with Crippen molar-refractivity contribution in [2.75, 3.05) is 33.5 Å². The van der Waals surface area contributed by atoms with Gasteiger partial charge in [-0.25, -0.2) is 0 Å². The molecule has 0 heterocycles. The minimum Gasteiger partial charge on any atom is -0.382 e. The van der Waals surface area contributed by atoms with Crippen molar-refractivity contribution in [3.05, 3.63) is 29.8 Å². The van der Waals surface area contributed by atoms with Gasteiger partial charge in [0.05, 0.1) is 41.1 Å². The van der Waals surface area contributed by atoms with Crippen molar-refractivity contribution in [3.63, 3.8) is 0 Å². The predicted molar refractivity (Wildman–Crippen MR) is 87.5 cm³/mol. The zero-order chi connectivity index (χ0) is 14.1. The van der Waals surface area contributed by atoms with Gasteiger partial charge < -0.3 is 14.2 Å². The summed E-state index contributed by atoms with van der Waals surface area (Å²) in [6.07, 6.45) is 0. The molecule has 0 bridgehead atoms. The Kier molecular flexibility index (Phi) is 10.6. The first-order valence-corrected chi connectivity index (χ1v) is 10.3. The quantitative estimate of drug-likeness (QED) is 0.514. The van der Waals surface area contributed by atoms with Crippen LogP contribution in [0.2, 0.25) is 19.6 Å².